The summed E-state index contributed by atoms with van der Waals surface area (Å²) in [5.41, 5.74) is 6.46. The van der Waals surface area contributed by atoms with Crippen molar-refractivity contribution in [2.75, 3.05) is 7.11 Å². The fourth-order valence-corrected chi connectivity index (χ4v) is 2.25. The molecule has 1 aromatic carbocycles. The van der Waals surface area contributed by atoms with Crippen molar-refractivity contribution >= 4 is 23.7 Å². The summed E-state index contributed by atoms with van der Waals surface area (Å²) >= 11 is 1.52. The van der Waals surface area contributed by atoms with Gasteiger partial charge in [-0.15, -0.1) is 23.7 Å². The summed E-state index contributed by atoms with van der Waals surface area (Å²) in [4.78, 5) is 0.937. The van der Waals surface area contributed by atoms with Crippen LogP contribution in [0, 0.1) is 5.82 Å². The molecule has 0 saturated carbocycles. The largest absolute Gasteiger partial charge is 0.497 e. The highest BCUT2D eigenvalue weighted by atomic mass is 35.5. The Hall–Kier alpha value is -1.10. The summed E-state index contributed by atoms with van der Waals surface area (Å²) in [5.74, 6) is 0.310. The highest BCUT2D eigenvalue weighted by Crippen LogP contribution is 2.28. The van der Waals surface area contributed by atoms with Gasteiger partial charge in [0, 0.05) is 10.4 Å². The van der Waals surface area contributed by atoms with Crippen LogP contribution in [0.25, 0.3) is 0 Å². The molecule has 0 aliphatic rings. The second kappa shape index (κ2) is 6.00. The standard InChI is InChI=1S/C12H12FNOS.ClH/c1-15-8-4-5-10(13)9(7-8)12(14)11-3-2-6-16-11;/h2-7,12H,14H2,1H3;1H/t12-;/m0./s1. The first-order valence-corrected chi connectivity index (χ1v) is 5.72. The number of methoxy groups -OCH3 is 1. The molecule has 17 heavy (non-hydrogen) atoms. The van der Waals surface area contributed by atoms with Gasteiger partial charge < -0.3 is 10.5 Å². The zero-order chi connectivity index (χ0) is 11.5. The minimum absolute atomic E-state index is 0. The SMILES string of the molecule is COc1ccc(F)c([C@H](N)c2cccs2)c1.Cl. The number of rotatable bonds is 3. The highest BCUT2D eigenvalue weighted by Gasteiger charge is 2.15. The average Bonchev–Trinajstić information content (AvgIpc) is 2.82. The highest BCUT2D eigenvalue weighted by molar-refractivity contribution is 7.10. The molecule has 2 rings (SSSR count). The third-order valence-electron chi connectivity index (χ3n) is 2.39. The summed E-state index contributed by atoms with van der Waals surface area (Å²) in [7, 11) is 1.55. The Morgan fingerprint density at radius 2 is 2.12 bits per heavy atom. The van der Waals surface area contributed by atoms with Gasteiger partial charge in [-0.05, 0) is 29.6 Å². The Balaban J connectivity index is 0.00000144. The van der Waals surface area contributed by atoms with Crippen LogP contribution in [0.4, 0.5) is 4.39 Å². The van der Waals surface area contributed by atoms with E-state index in [1.54, 1.807) is 19.2 Å². The van der Waals surface area contributed by atoms with E-state index in [4.69, 9.17) is 10.5 Å². The van der Waals surface area contributed by atoms with Gasteiger partial charge in [0.05, 0.1) is 13.2 Å². The van der Waals surface area contributed by atoms with E-state index in [0.29, 0.717) is 11.3 Å². The number of hydrogen-bond acceptors (Lipinski definition) is 3. The topological polar surface area (TPSA) is 35.2 Å². The van der Waals surface area contributed by atoms with Crippen LogP contribution in [-0.4, -0.2) is 7.11 Å². The van der Waals surface area contributed by atoms with Gasteiger partial charge in [0.1, 0.15) is 11.6 Å². The summed E-state index contributed by atoms with van der Waals surface area (Å²) in [6.45, 7) is 0. The minimum atomic E-state index is -0.435. The lowest BCUT2D eigenvalue weighted by Gasteiger charge is -2.12. The van der Waals surface area contributed by atoms with Crippen LogP contribution in [0.5, 0.6) is 5.75 Å². The fraction of sp³-hybridized carbons (Fsp3) is 0.167. The second-order valence-electron chi connectivity index (χ2n) is 3.38. The maximum absolute atomic E-state index is 13.6. The van der Waals surface area contributed by atoms with Gasteiger partial charge >= 0.3 is 0 Å². The van der Waals surface area contributed by atoms with E-state index in [-0.39, 0.29) is 18.2 Å². The van der Waals surface area contributed by atoms with Crippen molar-refractivity contribution in [1.82, 2.24) is 0 Å². The third kappa shape index (κ3) is 2.97. The van der Waals surface area contributed by atoms with Crippen molar-refractivity contribution in [2.24, 2.45) is 5.73 Å². The van der Waals surface area contributed by atoms with Crippen molar-refractivity contribution < 1.29 is 9.13 Å². The number of nitrogens with two attached hydrogens (primary N) is 1. The van der Waals surface area contributed by atoms with E-state index >= 15 is 0 Å². The lowest BCUT2D eigenvalue weighted by molar-refractivity contribution is 0.412. The van der Waals surface area contributed by atoms with E-state index in [0.717, 1.165) is 4.88 Å². The molecule has 1 aromatic heterocycles. The number of benzene rings is 1. The lowest BCUT2D eigenvalue weighted by Crippen LogP contribution is -2.12. The Bertz CT molecular complexity index is 475. The quantitative estimate of drug-likeness (QED) is 0.931. The van der Waals surface area contributed by atoms with Crippen molar-refractivity contribution in [2.45, 2.75) is 6.04 Å². The van der Waals surface area contributed by atoms with E-state index in [2.05, 4.69) is 0 Å². The zero-order valence-electron chi connectivity index (χ0n) is 9.22. The summed E-state index contributed by atoms with van der Waals surface area (Å²) in [6, 6.07) is 7.96. The van der Waals surface area contributed by atoms with Crippen LogP contribution >= 0.6 is 23.7 Å². The molecule has 92 valence electrons. The molecule has 1 heterocycles. The van der Waals surface area contributed by atoms with Crippen molar-refractivity contribution in [3.8, 4) is 5.75 Å². The van der Waals surface area contributed by atoms with Crippen LogP contribution in [0.3, 0.4) is 0 Å². The Labute approximate surface area is 110 Å². The fourth-order valence-electron chi connectivity index (χ4n) is 1.51. The van der Waals surface area contributed by atoms with Gasteiger partial charge in [0.15, 0.2) is 0 Å². The number of hydrogen-bond donors (Lipinski definition) is 1. The van der Waals surface area contributed by atoms with Gasteiger partial charge in [-0.25, -0.2) is 4.39 Å². The van der Waals surface area contributed by atoms with Gasteiger partial charge in [-0.3, -0.25) is 0 Å². The van der Waals surface area contributed by atoms with Crippen LogP contribution < -0.4 is 10.5 Å². The smallest absolute Gasteiger partial charge is 0.128 e. The molecule has 1 atom stereocenters. The van der Waals surface area contributed by atoms with E-state index in [1.165, 1.54) is 17.4 Å². The molecular formula is C12H13ClFNOS. The predicted octanol–water partition coefficient (Wildman–Crippen LogP) is 3.37. The van der Waals surface area contributed by atoms with E-state index in [9.17, 15) is 4.39 Å². The molecule has 0 fully saturated rings. The maximum Gasteiger partial charge on any atom is 0.128 e. The lowest BCUT2D eigenvalue weighted by atomic mass is 10.1. The molecule has 0 unspecified atom stereocenters. The van der Waals surface area contributed by atoms with Crippen molar-refractivity contribution in [1.29, 1.82) is 0 Å². The number of ether oxygens (including phenoxy) is 1. The molecule has 0 amide bonds. The Morgan fingerprint density at radius 3 is 2.71 bits per heavy atom. The average molecular weight is 274 g/mol. The molecule has 2 nitrogen and oxygen atoms in total. The van der Waals surface area contributed by atoms with Crippen LogP contribution in [0.2, 0.25) is 0 Å². The molecule has 0 bridgehead atoms. The van der Waals surface area contributed by atoms with E-state index in [1.807, 2.05) is 17.5 Å². The molecule has 0 radical (unpaired) electrons. The summed E-state index contributed by atoms with van der Waals surface area (Å²) in [5, 5.41) is 1.92. The molecule has 0 spiro atoms. The van der Waals surface area contributed by atoms with Crippen molar-refractivity contribution in [3.05, 3.63) is 52.0 Å². The molecule has 0 aliphatic heterocycles. The second-order valence-corrected chi connectivity index (χ2v) is 4.36. The summed E-state index contributed by atoms with van der Waals surface area (Å²) in [6.07, 6.45) is 0. The first kappa shape index (κ1) is 14.0. The van der Waals surface area contributed by atoms with Gasteiger partial charge in [0.25, 0.3) is 0 Å². The Kier molecular flexibility index (Phi) is 4.93. The molecule has 0 saturated heterocycles. The van der Waals surface area contributed by atoms with Gasteiger partial charge in [-0.2, -0.15) is 0 Å². The first-order valence-electron chi connectivity index (χ1n) is 4.85. The molecule has 2 aromatic rings. The molecule has 0 aliphatic carbocycles. The summed E-state index contributed by atoms with van der Waals surface area (Å²) < 4.78 is 18.7. The van der Waals surface area contributed by atoms with Crippen molar-refractivity contribution in [3.63, 3.8) is 0 Å². The van der Waals surface area contributed by atoms with Gasteiger partial charge in [-0.1, -0.05) is 6.07 Å². The first-order chi connectivity index (χ1) is 7.72. The van der Waals surface area contributed by atoms with Crippen LogP contribution in [-0.2, 0) is 0 Å². The number of thiophene rings is 1. The molecule has 5 heteroatoms. The molecule has 2 N–H and O–H groups in total. The molecular weight excluding hydrogens is 261 g/mol. The number of halogens is 2. The maximum atomic E-state index is 13.6. The van der Waals surface area contributed by atoms with Gasteiger partial charge in [0.2, 0.25) is 0 Å². The van der Waals surface area contributed by atoms with E-state index < -0.39 is 6.04 Å². The van der Waals surface area contributed by atoms with Crippen LogP contribution in [0.1, 0.15) is 16.5 Å². The monoisotopic (exact) mass is 273 g/mol. The zero-order valence-corrected chi connectivity index (χ0v) is 10.9. The Morgan fingerprint density at radius 1 is 1.35 bits per heavy atom. The normalized spacial score (nSPS) is 11.7. The third-order valence-corrected chi connectivity index (χ3v) is 3.34. The van der Waals surface area contributed by atoms with Crippen LogP contribution in [0.15, 0.2) is 35.7 Å². The predicted molar refractivity (Wildman–Crippen MR) is 70.5 cm³/mol. The minimum Gasteiger partial charge on any atom is -0.497 e.